The lowest BCUT2D eigenvalue weighted by atomic mass is 10.1. The first-order valence-corrected chi connectivity index (χ1v) is 4.65. The van der Waals surface area contributed by atoms with E-state index in [0.29, 0.717) is 5.69 Å². The number of hydrogen-bond acceptors (Lipinski definition) is 2. The second-order valence-corrected chi connectivity index (χ2v) is 3.62. The van der Waals surface area contributed by atoms with Gasteiger partial charge in [-0.25, -0.2) is 8.78 Å². The first-order chi connectivity index (χ1) is 7.04. The molecule has 1 rings (SSSR count). The quantitative estimate of drug-likeness (QED) is 0.832. The Hall–Kier alpha value is -1.63. The van der Waals surface area contributed by atoms with Crippen LogP contribution in [0.3, 0.4) is 0 Å². The lowest BCUT2D eigenvalue weighted by Crippen LogP contribution is -2.23. The summed E-state index contributed by atoms with van der Waals surface area (Å²) in [6.45, 7) is 3.75. The van der Waals surface area contributed by atoms with Gasteiger partial charge in [0, 0.05) is 11.8 Å². The second kappa shape index (κ2) is 4.74. The highest BCUT2D eigenvalue weighted by atomic mass is 19.2. The van der Waals surface area contributed by atoms with Crippen LogP contribution in [0.25, 0.3) is 0 Å². The van der Waals surface area contributed by atoms with Gasteiger partial charge in [-0.2, -0.15) is 5.26 Å². The van der Waals surface area contributed by atoms with Gasteiger partial charge in [0.25, 0.3) is 0 Å². The van der Waals surface area contributed by atoms with Crippen molar-refractivity contribution in [2.75, 3.05) is 5.32 Å². The Kier molecular flexibility index (Phi) is 3.62. The fraction of sp³-hybridized carbons (Fsp3) is 0.364. The topological polar surface area (TPSA) is 35.8 Å². The maximum absolute atomic E-state index is 12.8. The largest absolute Gasteiger partial charge is 0.370 e. The van der Waals surface area contributed by atoms with E-state index in [2.05, 4.69) is 11.4 Å². The van der Waals surface area contributed by atoms with Crippen molar-refractivity contribution in [3.63, 3.8) is 0 Å². The molecule has 1 aromatic carbocycles. The van der Waals surface area contributed by atoms with Crippen LogP contribution in [0.15, 0.2) is 18.2 Å². The Bertz CT molecular complexity index is 383. The predicted octanol–water partition coefficient (Wildman–Crippen LogP) is 2.92. The van der Waals surface area contributed by atoms with Gasteiger partial charge in [0.1, 0.15) is 6.04 Å². The number of hydrogen-bond donors (Lipinski definition) is 1. The summed E-state index contributed by atoms with van der Waals surface area (Å²) in [6, 6.07) is 5.13. The fourth-order valence-electron chi connectivity index (χ4n) is 1.11. The molecule has 0 aliphatic heterocycles. The molecule has 0 fully saturated rings. The molecule has 0 heterocycles. The van der Waals surface area contributed by atoms with Gasteiger partial charge in [0.2, 0.25) is 0 Å². The number of benzene rings is 1. The van der Waals surface area contributed by atoms with Crippen LogP contribution in [0.2, 0.25) is 0 Å². The molecular weight excluding hydrogens is 198 g/mol. The zero-order valence-corrected chi connectivity index (χ0v) is 8.59. The van der Waals surface area contributed by atoms with Crippen LogP contribution in [-0.2, 0) is 0 Å². The summed E-state index contributed by atoms with van der Waals surface area (Å²) in [4.78, 5) is 0. The molecule has 1 unspecified atom stereocenters. The van der Waals surface area contributed by atoms with E-state index in [-0.39, 0.29) is 5.92 Å². The molecule has 0 saturated carbocycles. The number of nitrogens with zero attached hydrogens (tertiary/aromatic N) is 1. The molecule has 1 N–H and O–H groups in total. The number of nitriles is 1. The third-order valence-electron chi connectivity index (χ3n) is 2.05. The van der Waals surface area contributed by atoms with E-state index in [1.807, 2.05) is 13.8 Å². The summed E-state index contributed by atoms with van der Waals surface area (Å²) in [7, 11) is 0. The van der Waals surface area contributed by atoms with Gasteiger partial charge in [0.15, 0.2) is 11.6 Å². The van der Waals surface area contributed by atoms with Crippen molar-refractivity contribution >= 4 is 5.69 Å². The summed E-state index contributed by atoms with van der Waals surface area (Å²) in [5.41, 5.74) is 0.411. The van der Waals surface area contributed by atoms with Crippen LogP contribution >= 0.6 is 0 Å². The summed E-state index contributed by atoms with van der Waals surface area (Å²) < 4.78 is 25.4. The molecule has 0 spiro atoms. The smallest absolute Gasteiger partial charge is 0.160 e. The average molecular weight is 210 g/mol. The molecule has 2 nitrogen and oxygen atoms in total. The van der Waals surface area contributed by atoms with Crippen molar-refractivity contribution in [1.29, 1.82) is 5.26 Å². The van der Waals surface area contributed by atoms with Gasteiger partial charge >= 0.3 is 0 Å². The highest BCUT2D eigenvalue weighted by molar-refractivity contribution is 5.45. The normalized spacial score (nSPS) is 12.3. The first kappa shape index (κ1) is 11.4. The summed E-state index contributed by atoms with van der Waals surface area (Å²) in [6.07, 6.45) is 0. The predicted molar refractivity (Wildman–Crippen MR) is 54.2 cm³/mol. The molecule has 1 aromatic rings. The zero-order valence-electron chi connectivity index (χ0n) is 8.59. The monoisotopic (exact) mass is 210 g/mol. The molecule has 4 heteroatoms. The Morgan fingerprint density at radius 2 is 1.93 bits per heavy atom. The van der Waals surface area contributed by atoms with Gasteiger partial charge < -0.3 is 5.32 Å². The molecule has 0 saturated heterocycles. The second-order valence-electron chi connectivity index (χ2n) is 3.62. The van der Waals surface area contributed by atoms with Crippen molar-refractivity contribution < 1.29 is 8.78 Å². The van der Waals surface area contributed by atoms with Gasteiger partial charge in [0.05, 0.1) is 6.07 Å². The van der Waals surface area contributed by atoms with E-state index in [1.54, 1.807) is 0 Å². The van der Waals surface area contributed by atoms with Crippen molar-refractivity contribution in [2.24, 2.45) is 5.92 Å². The maximum Gasteiger partial charge on any atom is 0.160 e. The van der Waals surface area contributed by atoms with E-state index in [9.17, 15) is 8.78 Å². The Morgan fingerprint density at radius 1 is 1.27 bits per heavy atom. The molecule has 15 heavy (non-hydrogen) atoms. The molecule has 0 aromatic heterocycles. The lowest BCUT2D eigenvalue weighted by Gasteiger charge is -2.16. The molecule has 0 aliphatic rings. The molecule has 0 radical (unpaired) electrons. The highest BCUT2D eigenvalue weighted by Gasteiger charge is 2.12. The molecule has 0 aliphatic carbocycles. The van der Waals surface area contributed by atoms with Crippen LogP contribution in [-0.4, -0.2) is 6.04 Å². The van der Waals surface area contributed by atoms with Crippen LogP contribution < -0.4 is 5.32 Å². The Balaban J connectivity index is 2.81. The summed E-state index contributed by atoms with van der Waals surface area (Å²) in [5.74, 6) is -1.71. The highest BCUT2D eigenvalue weighted by Crippen LogP contribution is 2.15. The molecule has 1 atom stereocenters. The van der Waals surface area contributed by atoms with Crippen molar-refractivity contribution in [1.82, 2.24) is 0 Å². The van der Waals surface area contributed by atoms with Gasteiger partial charge in [-0.15, -0.1) is 0 Å². The maximum atomic E-state index is 12.8. The standard InChI is InChI=1S/C11H12F2N2/c1-7(2)11(6-14)15-8-3-4-9(12)10(13)5-8/h3-5,7,11,15H,1-2H3. The van der Waals surface area contributed by atoms with Crippen LogP contribution in [0.4, 0.5) is 14.5 Å². The molecule has 80 valence electrons. The zero-order chi connectivity index (χ0) is 11.4. The van der Waals surface area contributed by atoms with E-state index >= 15 is 0 Å². The van der Waals surface area contributed by atoms with E-state index in [0.717, 1.165) is 12.1 Å². The number of rotatable bonds is 3. The summed E-state index contributed by atoms with van der Waals surface area (Å²) >= 11 is 0. The lowest BCUT2D eigenvalue weighted by molar-refractivity contribution is 0.508. The van der Waals surface area contributed by atoms with E-state index in [4.69, 9.17) is 5.26 Å². The van der Waals surface area contributed by atoms with Crippen molar-refractivity contribution in [3.05, 3.63) is 29.8 Å². The minimum absolute atomic E-state index is 0.100. The molecule has 0 amide bonds. The Morgan fingerprint density at radius 3 is 2.40 bits per heavy atom. The van der Waals surface area contributed by atoms with Gasteiger partial charge in [-0.05, 0) is 18.1 Å². The van der Waals surface area contributed by atoms with Gasteiger partial charge in [-0.3, -0.25) is 0 Å². The number of halogens is 2. The van der Waals surface area contributed by atoms with Crippen LogP contribution in [0.1, 0.15) is 13.8 Å². The fourth-order valence-corrected chi connectivity index (χ4v) is 1.11. The van der Waals surface area contributed by atoms with Crippen molar-refractivity contribution in [2.45, 2.75) is 19.9 Å². The summed E-state index contributed by atoms with van der Waals surface area (Å²) in [5, 5.41) is 11.6. The van der Waals surface area contributed by atoms with Crippen LogP contribution in [0.5, 0.6) is 0 Å². The minimum Gasteiger partial charge on any atom is -0.370 e. The first-order valence-electron chi connectivity index (χ1n) is 4.65. The van der Waals surface area contributed by atoms with Gasteiger partial charge in [-0.1, -0.05) is 13.8 Å². The minimum atomic E-state index is -0.916. The third kappa shape index (κ3) is 2.91. The molecule has 0 bridgehead atoms. The number of anilines is 1. The third-order valence-corrected chi connectivity index (χ3v) is 2.05. The number of nitrogens with one attached hydrogen (secondary N) is 1. The Labute approximate surface area is 87.5 Å². The van der Waals surface area contributed by atoms with Crippen molar-refractivity contribution in [3.8, 4) is 6.07 Å². The SMILES string of the molecule is CC(C)C(C#N)Nc1ccc(F)c(F)c1. The average Bonchev–Trinajstić information content (AvgIpc) is 2.19. The van der Waals surface area contributed by atoms with E-state index < -0.39 is 17.7 Å². The van der Waals surface area contributed by atoms with Crippen LogP contribution in [0, 0.1) is 28.9 Å². The molecular formula is C11H12F2N2. The van der Waals surface area contributed by atoms with E-state index in [1.165, 1.54) is 6.07 Å².